The summed E-state index contributed by atoms with van der Waals surface area (Å²) in [6.45, 7) is 1.21. The first-order valence-electron chi connectivity index (χ1n) is 3.95. The van der Waals surface area contributed by atoms with Gasteiger partial charge in [0, 0.05) is 12.8 Å². The van der Waals surface area contributed by atoms with Crippen LogP contribution in [0.2, 0.25) is 0 Å². The third kappa shape index (κ3) is 1.25. The Morgan fingerprint density at radius 2 is 2.08 bits per heavy atom. The standard InChI is InChI=1S/C8H11NO4/c1-8(7(12)13)5(11)3-2-4(10)6(8)9/h6H,2-3,9H2,1H3,(H,12,13). The Morgan fingerprint density at radius 1 is 1.54 bits per heavy atom. The van der Waals surface area contributed by atoms with Crippen LogP contribution in [0.15, 0.2) is 0 Å². The Morgan fingerprint density at radius 3 is 2.46 bits per heavy atom. The molecule has 5 nitrogen and oxygen atoms in total. The molecule has 1 saturated carbocycles. The molecular weight excluding hydrogens is 174 g/mol. The van der Waals surface area contributed by atoms with E-state index in [4.69, 9.17) is 10.8 Å². The predicted octanol–water partition coefficient (Wildman–Crippen LogP) is -0.663. The van der Waals surface area contributed by atoms with Gasteiger partial charge >= 0.3 is 5.97 Å². The zero-order chi connectivity index (χ0) is 10.2. The third-order valence-corrected chi connectivity index (χ3v) is 2.59. The zero-order valence-corrected chi connectivity index (χ0v) is 7.24. The van der Waals surface area contributed by atoms with Gasteiger partial charge in [-0.15, -0.1) is 0 Å². The van der Waals surface area contributed by atoms with Crippen LogP contribution in [0.4, 0.5) is 0 Å². The van der Waals surface area contributed by atoms with Crippen LogP contribution in [0.5, 0.6) is 0 Å². The smallest absolute Gasteiger partial charge is 0.318 e. The van der Waals surface area contributed by atoms with Crippen LogP contribution in [0.25, 0.3) is 0 Å². The molecule has 5 heteroatoms. The molecule has 3 N–H and O–H groups in total. The summed E-state index contributed by atoms with van der Waals surface area (Å²) in [4.78, 5) is 33.2. The van der Waals surface area contributed by atoms with Gasteiger partial charge in [0.1, 0.15) is 5.41 Å². The molecule has 1 aliphatic carbocycles. The number of rotatable bonds is 1. The molecule has 0 heterocycles. The van der Waals surface area contributed by atoms with Crippen molar-refractivity contribution in [2.75, 3.05) is 0 Å². The van der Waals surface area contributed by atoms with E-state index in [9.17, 15) is 14.4 Å². The number of carbonyl (C=O) groups is 3. The second kappa shape index (κ2) is 2.92. The van der Waals surface area contributed by atoms with Crippen molar-refractivity contribution in [2.45, 2.75) is 25.8 Å². The van der Waals surface area contributed by atoms with Gasteiger partial charge < -0.3 is 10.8 Å². The second-order valence-electron chi connectivity index (χ2n) is 3.37. The molecule has 0 aromatic rings. The number of carboxylic acids is 1. The molecule has 0 saturated heterocycles. The summed E-state index contributed by atoms with van der Waals surface area (Å²) in [5.41, 5.74) is 3.67. The van der Waals surface area contributed by atoms with Gasteiger partial charge in [-0.05, 0) is 6.92 Å². The van der Waals surface area contributed by atoms with E-state index in [2.05, 4.69) is 0 Å². The zero-order valence-electron chi connectivity index (χ0n) is 7.24. The van der Waals surface area contributed by atoms with E-state index >= 15 is 0 Å². The van der Waals surface area contributed by atoms with Gasteiger partial charge in [-0.3, -0.25) is 14.4 Å². The van der Waals surface area contributed by atoms with Gasteiger partial charge in [0.25, 0.3) is 0 Å². The lowest BCUT2D eigenvalue weighted by Gasteiger charge is -2.32. The van der Waals surface area contributed by atoms with Gasteiger partial charge in [0.15, 0.2) is 11.6 Å². The Labute approximate surface area is 74.9 Å². The molecule has 0 spiro atoms. The first-order valence-corrected chi connectivity index (χ1v) is 3.95. The van der Waals surface area contributed by atoms with Crippen LogP contribution < -0.4 is 5.73 Å². The Bertz CT molecular complexity index is 286. The fourth-order valence-corrected chi connectivity index (χ4v) is 1.40. The van der Waals surface area contributed by atoms with Crippen LogP contribution in [-0.4, -0.2) is 28.7 Å². The maximum atomic E-state index is 11.3. The van der Waals surface area contributed by atoms with Crippen molar-refractivity contribution in [3.05, 3.63) is 0 Å². The van der Waals surface area contributed by atoms with E-state index in [-0.39, 0.29) is 18.6 Å². The van der Waals surface area contributed by atoms with Crippen LogP contribution in [-0.2, 0) is 14.4 Å². The number of carbonyl (C=O) groups excluding carboxylic acids is 2. The van der Waals surface area contributed by atoms with Gasteiger partial charge in [-0.25, -0.2) is 0 Å². The highest BCUT2D eigenvalue weighted by Gasteiger charge is 2.51. The fourth-order valence-electron chi connectivity index (χ4n) is 1.40. The van der Waals surface area contributed by atoms with Crippen molar-refractivity contribution in [3.8, 4) is 0 Å². The molecule has 2 atom stereocenters. The fraction of sp³-hybridized carbons (Fsp3) is 0.625. The number of ketones is 2. The first kappa shape index (κ1) is 9.85. The number of hydrogen-bond donors (Lipinski definition) is 2. The average Bonchev–Trinajstić information content (AvgIpc) is 2.08. The number of hydrogen-bond acceptors (Lipinski definition) is 4. The molecule has 0 amide bonds. The van der Waals surface area contributed by atoms with Crippen molar-refractivity contribution in [3.63, 3.8) is 0 Å². The largest absolute Gasteiger partial charge is 0.480 e. The van der Waals surface area contributed by atoms with Gasteiger partial charge in [0.05, 0.1) is 6.04 Å². The lowest BCUT2D eigenvalue weighted by molar-refractivity contribution is -0.160. The molecule has 0 bridgehead atoms. The van der Waals surface area contributed by atoms with Crippen molar-refractivity contribution in [1.82, 2.24) is 0 Å². The van der Waals surface area contributed by atoms with Crippen LogP contribution in [0, 0.1) is 5.41 Å². The average molecular weight is 185 g/mol. The monoisotopic (exact) mass is 185 g/mol. The molecule has 0 aromatic carbocycles. The van der Waals surface area contributed by atoms with Gasteiger partial charge in [0.2, 0.25) is 0 Å². The minimum absolute atomic E-state index is 0.0185. The van der Waals surface area contributed by atoms with E-state index in [0.717, 1.165) is 0 Å². The summed E-state index contributed by atoms with van der Waals surface area (Å²) in [6.07, 6.45) is 0.0399. The SMILES string of the molecule is CC1(C(=O)O)C(=O)CCC(=O)C1N. The van der Waals surface area contributed by atoms with E-state index in [1.807, 2.05) is 0 Å². The first-order chi connectivity index (χ1) is 5.90. The Hall–Kier alpha value is -1.23. The molecule has 72 valence electrons. The minimum atomic E-state index is -1.73. The highest BCUT2D eigenvalue weighted by molar-refractivity contribution is 6.11. The summed E-state index contributed by atoms with van der Waals surface area (Å²) < 4.78 is 0. The summed E-state index contributed by atoms with van der Waals surface area (Å²) in [7, 11) is 0. The highest BCUT2D eigenvalue weighted by atomic mass is 16.4. The Balaban J connectivity index is 3.09. The molecule has 2 unspecified atom stereocenters. The van der Waals surface area contributed by atoms with Crippen LogP contribution in [0.1, 0.15) is 19.8 Å². The molecule has 1 rings (SSSR count). The summed E-state index contributed by atoms with van der Waals surface area (Å²) in [5.74, 6) is -2.14. The van der Waals surface area contributed by atoms with E-state index < -0.39 is 23.2 Å². The maximum absolute atomic E-state index is 11.3. The molecular formula is C8H11NO4. The molecule has 0 aromatic heterocycles. The second-order valence-corrected chi connectivity index (χ2v) is 3.37. The highest BCUT2D eigenvalue weighted by Crippen LogP contribution is 2.30. The lowest BCUT2D eigenvalue weighted by atomic mass is 9.70. The van der Waals surface area contributed by atoms with E-state index in [0.29, 0.717) is 0 Å². The molecule has 0 aliphatic heterocycles. The number of carboxylic acid groups (broad SMARTS) is 1. The topological polar surface area (TPSA) is 97.5 Å². The summed E-state index contributed by atoms with van der Waals surface area (Å²) in [6, 6.07) is -1.20. The molecule has 1 aliphatic rings. The third-order valence-electron chi connectivity index (χ3n) is 2.59. The molecule has 0 radical (unpaired) electrons. The number of nitrogens with two attached hydrogens (primary N) is 1. The van der Waals surface area contributed by atoms with Gasteiger partial charge in [-0.1, -0.05) is 0 Å². The summed E-state index contributed by atoms with van der Waals surface area (Å²) >= 11 is 0. The van der Waals surface area contributed by atoms with Crippen molar-refractivity contribution < 1.29 is 19.5 Å². The number of Topliss-reactive ketones (excluding diaryl/α,β-unsaturated/α-hetero) is 2. The van der Waals surface area contributed by atoms with Gasteiger partial charge in [-0.2, -0.15) is 0 Å². The van der Waals surface area contributed by atoms with E-state index in [1.54, 1.807) is 0 Å². The Kier molecular flexibility index (Phi) is 2.21. The predicted molar refractivity (Wildman–Crippen MR) is 43.0 cm³/mol. The van der Waals surface area contributed by atoms with Crippen molar-refractivity contribution in [2.24, 2.45) is 11.1 Å². The molecule has 13 heavy (non-hydrogen) atoms. The quantitative estimate of drug-likeness (QED) is 0.528. The summed E-state index contributed by atoms with van der Waals surface area (Å²) in [5, 5.41) is 8.80. The minimum Gasteiger partial charge on any atom is -0.480 e. The molecule has 1 fully saturated rings. The normalized spacial score (nSPS) is 34.8. The lowest BCUT2D eigenvalue weighted by Crippen LogP contribution is -2.57. The van der Waals surface area contributed by atoms with Crippen molar-refractivity contribution >= 4 is 17.5 Å². The van der Waals surface area contributed by atoms with Crippen molar-refractivity contribution in [1.29, 1.82) is 0 Å². The number of aliphatic carboxylic acids is 1. The van der Waals surface area contributed by atoms with Crippen LogP contribution in [0.3, 0.4) is 0 Å². The van der Waals surface area contributed by atoms with E-state index in [1.165, 1.54) is 6.92 Å². The maximum Gasteiger partial charge on any atom is 0.318 e. The van der Waals surface area contributed by atoms with Crippen LogP contribution >= 0.6 is 0 Å².